The second kappa shape index (κ2) is 6.89. The Morgan fingerprint density at radius 1 is 0.967 bits per heavy atom. The van der Waals surface area contributed by atoms with E-state index in [0.717, 1.165) is 23.5 Å². The van der Waals surface area contributed by atoms with Crippen molar-refractivity contribution >= 4 is 33.5 Å². The van der Waals surface area contributed by atoms with Gasteiger partial charge in [-0.3, -0.25) is 9.47 Å². The van der Waals surface area contributed by atoms with Crippen LogP contribution in [0.5, 0.6) is 0 Å². The molecule has 0 saturated carbocycles. The molecule has 150 valence electrons. The van der Waals surface area contributed by atoms with Gasteiger partial charge in [-0.1, -0.05) is 23.8 Å². The van der Waals surface area contributed by atoms with E-state index in [-0.39, 0.29) is 0 Å². The Morgan fingerprint density at radius 3 is 2.57 bits per heavy atom. The molecule has 5 heteroatoms. The van der Waals surface area contributed by atoms with E-state index in [4.69, 9.17) is 0 Å². The van der Waals surface area contributed by atoms with E-state index in [9.17, 15) is 0 Å². The predicted octanol–water partition coefficient (Wildman–Crippen LogP) is 5.69. The quantitative estimate of drug-likeness (QED) is 0.328. The summed E-state index contributed by atoms with van der Waals surface area (Å²) >= 11 is 2.33. The van der Waals surface area contributed by atoms with Gasteiger partial charge in [0.15, 0.2) is 5.82 Å². The van der Waals surface area contributed by atoms with Crippen LogP contribution in [0.4, 0.5) is 0 Å². The second-order valence-corrected chi connectivity index (χ2v) is 9.86. The third-order valence-corrected chi connectivity index (χ3v) is 7.61. The number of aromatic nitrogens is 3. The largest absolute Gasteiger partial charge is 0.296 e. The normalized spacial score (nSPS) is 20.6. The zero-order chi connectivity index (χ0) is 20.4. The molecule has 0 spiro atoms. The van der Waals surface area contributed by atoms with Gasteiger partial charge in [0.1, 0.15) is 0 Å². The molecule has 6 rings (SSSR count). The van der Waals surface area contributed by atoms with Gasteiger partial charge in [0.2, 0.25) is 0 Å². The Hall–Kier alpha value is -2.25. The Labute approximate surface area is 190 Å². The minimum absolute atomic E-state index is 0.517. The highest BCUT2D eigenvalue weighted by Gasteiger charge is 2.41. The first-order valence-electron chi connectivity index (χ1n) is 10.6. The van der Waals surface area contributed by atoms with Crippen LogP contribution in [0.3, 0.4) is 0 Å². The first-order valence-corrected chi connectivity index (χ1v) is 11.6. The molecule has 2 bridgehead atoms. The molecule has 30 heavy (non-hydrogen) atoms. The minimum atomic E-state index is 0.517. The summed E-state index contributed by atoms with van der Waals surface area (Å²) in [6.45, 7) is 2.18. The van der Waals surface area contributed by atoms with Gasteiger partial charge in [-0.2, -0.15) is 0 Å². The minimum Gasteiger partial charge on any atom is -0.296 e. The van der Waals surface area contributed by atoms with E-state index in [1.54, 1.807) is 0 Å². The van der Waals surface area contributed by atoms with Crippen molar-refractivity contribution in [1.82, 2.24) is 19.7 Å². The topological polar surface area (TPSA) is 34.0 Å². The van der Waals surface area contributed by atoms with Crippen molar-refractivity contribution < 1.29 is 0 Å². The lowest BCUT2D eigenvalue weighted by atomic mass is 9.97. The van der Waals surface area contributed by atoms with Crippen LogP contribution in [-0.4, -0.2) is 32.8 Å². The van der Waals surface area contributed by atoms with Crippen LogP contribution in [0.15, 0.2) is 54.6 Å². The van der Waals surface area contributed by atoms with Crippen molar-refractivity contribution in [2.24, 2.45) is 0 Å². The smallest absolute Gasteiger partial charge is 0.160 e. The van der Waals surface area contributed by atoms with Crippen LogP contribution in [0, 0.1) is 10.5 Å². The van der Waals surface area contributed by atoms with Crippen LogP contribution in [0.25, 0.3) is 28.0 Å². The summed E-state index contributed by atoms with van der Waals surface area (Å²) in [7, 11) is 2.29. The predicted molar refractivity (Wildman–Crippen MR) is 129 cm³/mol. The maximum atomic E-state index is 4.69. The highest BCUT2D eigenvalue weighted by molar-refractivity contribution is 14.1. The van der Waals surface area contributed by atoms with Crippen molar-refractivity contribution in [3.8, 4) is 17.1 Å². The van der Waals surface area contributed by atoms with Gasteiger partial charge in [0.25, 0.3) is 0 Å². The Bertz CT molecular complexity index is 1260. The fourth-order valence-electron chi connectivity index (χ4n) is 5.36. The number of likely N-dealkylation sites (N-methyl/N-ethyl adjacent to an activating group) is 1. The third-order valence-electron chi connectivity index (χ3n) is 6.89. The van der Waals surface area contributed by atoms with E-state index >= 15 is 0 Å². The maximum Gasteiger partial charge on any atom is 0.160 e. The average Bonchev–Trinajstić information content (AvgIpc) is 3.18. The Morgan fingerprint density at radius 2 is 1.80 bits per heavy atom. The van der Waals surface area contributed by atoms with E-state index < -0.39 is 0 Å². The van der Waals surface area contributed by atoms with E-state index in [2.05, 4.69) is 111 Å². The third kappa shape index (κ3) is 2.75. The van der Waals surface area contributed by atoms with E-state index in [1.807, 2.05) is 0 Å². The fourth-order valence-corrected chi connectivity index (χ4v) is 5.72. The molecule has 2 aromatic heterocycles. The van der Waals surface area contributed by atoms with Crippen molar-refractivity contribution in [3.63, 3.8) is 0 Å². The summed E-state index contributed by atoms with van der Waals surface area (Å²) in [5.74, 6) is 0.920. The van der Waals surface area contributed by atoms with Crippen molar-refractivity contribution in [1.29, 1.82) is 0 Å². The highest BCUT2D eigenvalue weighted by atomic mass is 127. The number of hydrogen-bond donors (Lipinski definition) is 0. The molecular formula is C25H23IN4. The summed E-state index contributed by atoms with van der Waals surface area (Å²) in [6.07, 6.45) is 3.61. The molecule has 0 radical (unpaired) electrons. The second-order valence-electron chi connectivity index (χ2n) is 8.62. The standard InChI is InChI=1S/C25H23IN4/c1-15-3-10-21-19(13-15)25-22-11-8-18(29(22)2)14-23(25)30(21)24-12-9-20(27-28-24)16-4-6-17(26)7-5-16/h3-7,9-10,12-13,18,22H,8,11,14H2,1-2H3. The van der Waals surface area contributed by atoms with Gasteiger partial charge < -0.3 is 0 Å². The van der Waals surface area contributed by atoms with Gasteiger partial charge in [0.05, 0.1) is 11.2 Å². The summed E-state index contributed by atoms with van der Waals surface area (Å²) in [6, 6.07) is 20.6. The Kier molecular flexibility index (Phi) is 4.25. The molecule has 1 saturated heterocycles. The lowest BCUT2D eigenvalue weighted by Gasteiger charge is -2.32. The van der Waals surface area contributed by atoms with Crippen molar-refractivity contribution in [3.05, 3.63) is 75.0 Å². The molecule has 2 aliphatic rings. The lowest BCUT2D eigenvalue weighted by Crippen LogP contribution is -2.34. The fraction of sp³-hybridized carbons (Fsp3) is 0.280. The highest BCUT2D eigenvalue weighted by Crippen LogP contribution is 2.47. The summed E-state index contributed by atoms with van der Waals surface area (Å²) in [4.78, 5) is 2.58. The first-order chi connectivity index (χ1) is 14.6. The van der Waals surface area contributed by atoms with E-state index in [0.29, 0.717) is 12.1 Å². The van der Waals surface area contributed by atoms with Crippen LogP contribution in [-0.2, 0) is 6.42 Å². The molecule has 2 unspecified atom stereocenters. The van der Waals surface area contributed by atoms with Crippen LogP contribution < -0.4 is 0 Å². The SMILES string of the molecule is Cc1ccc2c(c1)c1c(n2-c2ccc(-c3ccc(I)cc3)nn2)CC2CCC1N2C. The molecule has 2 aromatic carbocycles. The molecule has 2 aliphatic heterocycles. The summed E-state index contributed by atoms with van der Waals surface area (Å²) in [5, 5.41) is 10.7. The Balaban J connectivity index is 1.52. The molecule has 0 aliphatic carbocycles. The zero-order valence-corrected chi connectivity index (χ0v) is 19.3. The number of aryl methyl sites for hydroxylation is 1. The lowest BCUT2D eigenvalue weighted by molar-refractivity contribution is 0.223. The number of nitrogens with zero attached hydrogens (tertiary/aromatic N) is 4. The molecular weight excluding hydrogens is 483 g/mol. The number of benzene rings is 2. The monoisotopic (exact) mass is 506 g/mol. The molecule has 1 fully saturated rings. The number of rotatable bonds is 2. The van der Waals surface area contributed by atoms with Crippen molar-refractivity contribution in [2.75, 3.05) is 7.05 Å². The van der Waals surface area contributed by atoms with Gasteiger partial charge >= 0.3 is 0 Å². The van der Waals surface area contributed by atoms with E-state index in [1.165, 1.54) is 44.1 Å². The van der Waals surface area contributed by atoms with Gasteiger partial charge in [0, 0.05) is 38.7 Å². The average molecular weight is 506 g/mol. The summed E-state index contributed by atoms with van der Waals surface area (Å²) < 4.78 is 3.59. The molecule has 0 amide bonds. The van der Waals surface area contributed by atoms with Crippen molar-refractivity contribution in [2.45, 2.75) is 38.3 Å². The number of fused-ring (bicyclic) bond motifs is 6. The van der Waals surface area contributed by atoms with Gasteiger partial charge in [-0.15, -0.1) is 10.2 Å². The van der Waals surface area contributed by atoms with Crippen LogP contribution >= 0.6 is 22.6 Å². The number of halogens is 1. The molecule has 4 nitrogen and oxygen atoms in total. The first kappa shape index (κ1) is 18.5. The number of hydrogen-bond acceptors (Lipinski definition) is 3. The van der Waals surface area contributed by atoms with Crippen LogP contribution in [0.1, 0.15) is 35.7 Å². The van der Waals surface area contributed by atoms with Gasteiger partial charge in [-0.25, -0.2) is 0 Å². The molecule has 2 atom stereocenters. The molecule has 0 N–H and O–H groups in total. The van der Waals surface area contributed by atoms with Crippen LogP contribution in [0.2, 0.25) is 0 Å². The van der Waals surface area contributed by atoms with Gasteiger partial charge in [-0.05, 0) is 91.4 Å². The maximum absolute atomic E-state index is 4.69. The zero-order valence-electron chi connectivity index (χ0n) is 17.1. The molecule has 4 aromatic rings. The summed E-state index contributed by atoms with van der Waals surface area (Å²) in [5.41, 5.74) is 7.51. The molecule has 4 heterocycles.